The molecule has 0 fully saturated rings. The quantitative estimate of drug-likeness (QED) is 0.334. The minimum atomic E-state index is -0.711. The van der Waals surface area contributed by atoms with Crippen LogP contribution in [0.1, 0.15) is 11.1 Å². The molecular formula is C19H16FN7O5. The predicted octanol–water partition coefficient (Wildman–Crippen LogP) is 2.73. The van der Waals surface area contributed by atoms with Gasteiger partial charge in [0.05, 0.1) is 16.3 Å². The van der Waals surface area contributed by atoms with E-state index in [0.717, 1.165) is 6.33 Å². The van der Waals surface area contributed by atoms with Gasteiger partial charge in [-0.3, -0.25) is 35.9 Å². The SMILES string of the molecule is O=C(Cc1ccc([N+](=O)[O-])cc1)NNc1ncnc(NCc2ccc(F)cc2)c1[N+](=O)[O-]. The van der Waals surface area contributed by atoms with Crippen molar-refractivity contribution in [1.82, 2.24) is 15.4 Å². The maximum absolute atomic E-state index is 13.0. The topological polar surface area (TPSA) is 165 Å². The number of carbonyl (C=O) groups excluding carboxylic acids is 1. The average Bonchev–Trinajstić information content (AvgIpc) is 2.77. The molecule has 32 heavy (non-hydrogen) atoms. The lowest BCUT2D eigenvalue weighted by atomic mass is 10.1. The maximum atomic E-state index is 13.0. The van der Waals surface area contributed by atoms with E-state index in [1.54, 1.807) is 0 Å². The number of amides is 1. The molecule has 0 saturated heterocycles. The zero-order valence-corrected chi connectivity index (χ0v) is 16.3. The smallest absolute Gasteiger partial charge is 0.354 e. The van der Waals surface area contributed by atoms with Crippen LogP contribution in [0.2, 0.25) is 0 Å². The lowest BCUT2D eigenvalue weighted by Gasteiger charge is -2.11. The fourth-order valence-electron chi connectivity index (χ4n) is 2.65. The van der Waals surface area contributed by atoms with Crippen molar-refractivity contribution in [2.24, 2.45) is 0 Å². The van der Waals surface area contributed by atoms with Gasteiger partial charge in [0.25, 0.3) is 5.69 Å². The first-order valence-corrected chi connectivity index (χ1v) is 9.09. The first-order valence-electron chi connectivity index (χ1n) is 9.09. The van der Waals surface area contributed by atoms with E-state index in [1.165, 1.54) is 48.5 Å². The lowest BCUT2D eigenvalue weighted by molar-refractivity contribution is -0.384. The van der Waals surface area contributed by atoms with Crippen molar-refractivity contribution >= 4 is 28.9 Å². The number of hydrogen-bond donors (Lipinski definition) is 3. The van der Waals surface area contributed by atoms with E-state index >= 15 is 0 Å². The molecule has 13 heteroatoms. The molecular weight excluding hydrogens is 425 g/mol. The minimum Gasteiger partial charge on any atom is -0.360 e. The Morgan fingerprint density at radius 3 is 2.16 bits per heavy atom. The molecule has 0 aliphatic carbocycles. The molecule has 0 bridgehead atoms. The molecule has 3 N–H and O–H groups in total. The van der Waals surface area contributed by atoms with Crippen molar-refractivity contribution in [3.63, 3.8) is 0 Å². The van der Waals surface area contributed by atoms with Gasteiger partial charge < -0.3 is 5.32 Å². The molecule has 3 aromatic rings. The minimum absolute atomic E-state index is 0.0959. The van der Waals surface area contributed by atoms with Gasteiger partial charge in [0.1, 0.15) is 12.1 Å². The number of carbonyl (C=O) groups is 1. The Kier molecular flexibility index (Phi) is 6.80. The van der Waals surface area contributed by atoms with E-state index < -0.39 is 27.3 Å². The summed E-state index contributed by atoms with van der Waals surface area (Å²) >= 11 is 0. The van der Waals surface area contributed by atoms with Crippen LogP contribution >= 0.6 is 0 Å². The van der Waals surface area contributed by atoms with Crippen LogP contribution in [0.3, 0.4) is 0 Å². The van der Waals surface area contributed by atoms with Crippen LogP contribution in [0.15, 0.2) is 54.9 Å². The summed E-state index contributed by atoms with van der Waals surface area (Å²) in [6.45, 7) is 0.143. The number of aromatic nitrogens is 2. The molecule has 1 amide bonds. The summed E-state index contributed by atoms with van der Waals surface area (Å²) in [6, 6.07) is 11.0. The molecule has 1 aromatic heterocycles. The third-order valence-electron chi connectivity index (χ3n) is 4.21. The summed E-state index contributed by atoms with van der Waals surface area (Å²) in [5.74, 6) is -1.30. The summed E-state index contributed by atoms with van der Waals surface area (Å²) in [5, 5.41) is 25.0. The third kappa shape index (κ3) is 5.69. The van der Waals surface area contributed by atoms with Crippen molar-refractivity contribution in [2.45, 2.75) is 13.0 Å². The van der Waals surface area contributed by atoms with Crippen molar-refractivity contribution in [2.75, 3.05) is 10.7 Å². The Hall–Kier alpha value is -4.68. The number of nitro benzene ring substituents is 1. The summed E-state index contributed by atoms with van der Waals surface area (Å²) < 4.78 is 13.0. The van der Waals surface area contributed by atoms with E-state index in [0.29, 0.717) is 11.1 Å². The van der Waals surface area contributed by atoms with Crippen LogP contribution in [0.25, 0.3) is 0 Å². The van der Waals surface area contributed by atoms with Crippen LogP contribution in [-0.2, 0) is 17.8 Å². The first kappa shape index (κ1) is 22.0. The summed E-state index contributed by atoms with van der Waals surface area (Å²) in [7, 11) is 0. The second-order valence-electron chi connectivity index (χ2n) is 6.43. The summed E-state index contributed by atoms with van der Waals surface area (Å²) in [5.41, 5.74) is 5.28. The average molecular weight is 441 g/mol. The summed E-state index contributed by atoms with van der Waals surface area (Å²) in [4.78, 5) is 40.8. The maximum Gasteiger partial charge on any atom is 0.354 e. The van der Waals surface area contributed by atoms with Crippen molar-refractivity contribution in [1.29, 1.82) is 0 Å². The van der Waals surface area contributed by atoms with Gasteiger partial charge in [-0.25, -0.2) is 14.4 Å². The number of halogens is 1. The Bertz CT molecular complexity index is 1140. The van der Waals surface area contributed by atoms with Crippen LogP contribution in [-0.4, -0.2) is 25.7 Å². The summed E-state index contributed by atoms with van der Waals surface area (Å²) in [6.07, 6.45) is 0.949. The van der Waals surface area contributed by atoms with Gasteiger partial charge in [-0.15, -0.1) is 0 Å². The highest BCUT2D eigenvalue weighted by atomic mass is 19.1. The Morgan fingerprint density at radius 2 is 1.53 bits per heavy atom. The lowest BCUT2D eigenvalue weighted by Crippen LogP contribution is -2.31. The van der Waals surface area contributed by atoms with Crippen LogP contribution in [0.5, 0.6) is 0 Å². The van der Waals surface area contributed by atoms with E-state index in [-0.39, 0.29) is 30.3 Å². The van der Waals surface area contributed by atoms with E-state index in [9.17, 15) is 29.4 Å². The van der Waals surface area contributed by atoms with Crippen molar-refractivity contribution < 1.29 is 19.0 Å². The zero-order chi connectivity index (χ0) is 23.1. The number of nitro groups is 2. The molecule has 164 valence electrons. The third-order valence-corrected chi connectivity index (χ3v) is 4.21. The highest BCUT2D eigenvalue weighted by Crippen LogP contribution is 2.28. The molecule has 12 nitrogen and oxygen atoms in total. The monoisotopic (exact) mass is 441 g/mol. The molecule has 0 spiro atoms. The number of benzene rings is 2. The van der Waals surface area contributed by atoms with Gasteiger partial charge in [0.2, 0.25) is 17.5 Å². The van der Waals surface area contributed by atoms with Gasteiger partial charge in [-0.05, 0) is 23.3 Å². The molecule has 0 radical (unpaired) electrons. The standard InChI is InChI=1S/C19H16FN7O5/c20-14-5-1-13(2-6-14)10-21-18-17(27(31)32)19(23-11-22-18)25-24-16(28)9-12-3-7-15(8-4-12)26(29)30/h1-8,11H,9-10H2,(H,24,28)(H2,21,22,23,25). The van der Waals surface area contributed by atoms with E-state index in [4.69, 9.17) is 0 Å². The van der Waals surface area contributed by atoms with Crippen LogP contribution in [0, 0.1) is 26.0 Å². The molecule has 0 aliphatic heterocycles. The number of hydrogen-bond acceptors (Lipinski definition) is 9. The predicted molar refractivity (Wildman–Crippen MR) is 111 cm³/mol. The number of hydrazine groups is 1. The number of non-ortho nitro benzene ring substituents is 1. The molecule has 0 saturated carbocycles. The van der Waals surface area contributed by atoms with Gasteiger partial charge >= 0.3 is 5.69 Å². The number of rotatable bonds is 9. The second-order valence-corrected chi connectivity index (χ2v) is 6.43. The number of nitrogens with zero attached hydrogens (tertiary/aromatic N) is 4. The Morgan fingerprint density at radius 1 is 0.906 bits per heavy atom. The zero-order valence-electron chi connectivity index (χ0n) is 16.3. The molecule has 1 heterocycles. The highest BCUT2D eigenvalue weighted by molar-refractivity contribution is 5.81. The van der Waals surface area contributed by atoms with E-state index in [2.05, 4.69) is 26.1 Å². The molecule has 2 aromatic carbocycles. The highest BCUT2D eigenvalue weighted by Gasteiger charge is 2.23. The van der Waals surface area contributed by atoms with Crippen molar-refractivity contribution in [3.8, 4) is 0 Å². The van der Waals surface area contributed by atoms with Gasteiger partial charge in [0.15, 0.2) is 0 Å². The van der Waals surface area contributed by atoms with Crippen molar-refractivity contribution in [3.05, 3.63) is 92.0 Å². The van der Waals surface area contributed by atoms with E-state index in [1.807, 2.05) is 0 Å². The van der Waals surface area contributed by atoms with Gasteiger partial charge in [-0.2, -0.15) is 0 Å². The fraction of sp³-hybridized carbons (Fsp3) is 0.105. The second kappa shape index (κ2) is 9.88. The van der Waals surface area contributed by atoms with Crippen LogP contribution < -0.4 is 16.2 Å². The molecule has 3 rings (SSSR count). The van der Waals surface area contributed by atoms with Crippen LogP contribution in [0.4, 0.5) is 27.4 Å². The molecule has 0 aliphatic rings. The largest absolute Gasteiger partial charge is 0.360 e. The Balaban J connectivity index is 1.65. The Labute approximate surface area is 179 Å². The first-order chi connectivity index (χ1) is 15.3. The van der Waals surface area contributed by atoms with Gasteiger partial charge in [-0.1, -0.05) is 24.3 Å². The number of nitrogens with one attached hydrogen (secondary N) is 3. The normalized spacial score (nSPS) is 10.3. The van der Waals surface area contributed by atoms with Gasteiger partial charge in [0, 0.05) is 18.7 Å². The molecule has 0 unspecified atom stereocenters. The fourth-order valence-corrected chi connectivity index (χ4v) is 2.65. The number of anilines is 2. The molecule has 0 atom stereocenters.